The Labute approximate surface area is 180 Å². The molecule has 0 saturated carbocycles. The Morgan fingerprint density at radius 3 is 2.48 bits per heavy atom. The van der Waals surface area contributed by atoms with Gasteiger partial charge in [-0.3, -0.25) is 4.79 Å². The molecule has 0 aliphatic rings. The molecule has 2 rings (SSSR count). The second-order valence-corrected chi connectivity index (χ2v) is 8.51. The van der Waals surface area contributed by atoms with E-state index in [4.69, 9.17) is 9.47 Å². The van der Waals surface area contributed by atoms with Gasteiger partial charge in [0.1, 0.15) is 11.4 Å². The monoisotopic (exact) mass is 462 g/mol. The molecule has 0 heterocycles. The van der Waals surface area contributed by atoms with Crippen molar-refractivity contribution in [1.29, 1.82) is 0 Å². The highest BCUT2D eigenvalue weighted by atomic mass is 79.9. The van der Waals surface area contributed by atoms with Crippen LogP contribution in [0.15, 0.2) is 46.9 Å². The van der Waals surface area contributed by atoms with Crippen LogP contribution in [-0.2, 0) is 11.3 Å². The lowest BCUT2D eigenvalue weighted by molar-refractivity contribution is 0.0522. The highest BCUT2D eigenvalue weighted by Crippen LogP contribution is 2.28. The minimum atomic E-state index is -0.583. The van der Waals surface area contributed by atoms with E-state index in [2.05, 4.69) is 26.6 Å². The molecular weight excluding hydrogens is 436 g/mol. The van der Waals surface area contributed by atoms with E-state index in [1.54, 1.807) is 46.1 Å². The lowest BCUT2D eigenvalue weighted by Crippen LogP contribution is -2.33. The minimum absolute atomic E-state index is 0.189. The van der Waals surface area contributed by atoms with Crippen LogP contribution in [-0.4, -0.2) is 24.7 Å². The lowest BCUT2D eigenvalue weighted by atomic mass is 10.0. The number of carbonyl (C=O) groups excluding carboxylic acids is 2. The first-order chi connectivity index (χ1) is 13.6. The highest BCUT2D eigenvalue weighted by molar-refractivity contribution is 9.10. The third-order valence-corrected chi connectivity index (χ3v) is 4.59. The Morgan fingerprint density at radius 1 is 1.14 bits per heavy atom. The zero-order valence-corrected chi connectivity index (χ0v) is 18.9. The molecule has 0 bridgehead atoms. The number of methoxy groups -OCH3 is 1. The van der Waals surface area contributed by atoms with Crippen LogP contribution in [0.3, 0.4) is 0 Å². The van der Waals surface area contributed by atoms with E-state index < -0.39 is 11.7 Å². The second kappa shape index (κ2) is 9.78. The van der Waals surface area contributed by atoms with Crippen LogP contribution in [0.1, 0.15) is 55.2 Å². The molecule has 2 aromatic carbocycles. The first kappa shape index (κ1) is 22.7. The molecule has 156 valence electrons. The maximum absolute atomic E-state index is 12.9. The summed E-state index contributed by atoms with van der Waals surface area (Å²) in [4.78, 5) is 24.8. The number of hydrogen-bond donors (Lipinski definition) is 2. The van der Waals surface area contributed by atoms with Crippen molar-refractivity contribution in [2.45, 2.75) is 45.9 Å². The average Bonchev–Trinajstić information content (AvgIpc) is 2.64. The minimum Gasteiger partial charge on any atom is -0.496 e. The van der Waals surface area contributed by atoms with E-state index in [0.29, 0.717) is 16.9 Å². The Balaban J connectivity index is 2.11. The van der Waals surface area contributed by atoms with Crippen molar-refractivity contribution in [3.8, 4) is 5.75 Å². The highest BCUT2D eigenvalue weighted by Gasteiger charge is 2.19. The van der Waals surface area contributed by atoms with Gasteiger partial charge in [0.25, 0.3) is 5.91 Å². The van der Waals surface area contributed by atoms with Crippen LogP contribution in [0, 0.1) is 0 Å². The summed E-state index contributed by atoms with van der Waals surface area (Å²) in [5.74, 6) is 0.455. The zero-order valence-electron chi connectivity index (χ0n) is 17.3. The average molecular weight is 463 g/mol. The maximum atomic E-state index is 12.9. The van der Waals surface area contributed by atoms with Crippen molar-refractivity contribution in [2.75, 3.05) is 7.11 Å². The quantitative estimate of drug-likeness (QED) is 0.634. The van der Waals surface area contributed by atoms with E-state index in [1.807, 2.05) is 31.2 Å². The fourth-order valence-electron chi connectivity index (χ4n) is 2.77. The molecule has 29 heavy (non-hydrogen) atoms. The van der Waals surface area contributed by atoms with E-state index in [0.717, 1.165) is 10.0 Å². The maximum Gasteiger partial charge on any atom is 0.407 e. The standard InChI is InChI=1S/C22H27BrN2O4/c1-14(17-11-10-16(23)12-19(17)28-5)25-20(26)18-9-7-6-8-15(18)13-24-21(27)29-22(2,3)4/h6-12,14H,13H2,1-5H3,(H,24,27)(H,25,26). The predicted molar refractivity (Wildman–Crippen MR) is 116 cm³/mol. The van der Waals surface area contributed by atoms with Crippen LogP contribution < -0.4 is 15.4 Å². The third-order valence-electron chi connectivity index (χ3n) is 4.09. The molecule has 0 aliphatic heterocycles. The Hall–Kier alpha value is -2.54. The number of alkyl carbamates (subject to hydrolysis) is 1. The van der Waals surface area contributed by atoms with Crippen LogP contribution in [0.5, 0.6) is 5.75 Å². The van der Waals surface area contributed by atoms with Crippen molar-refractivity contribution in [3.05, 3.63) is 63.6 Å². The number of halogens is 1. The van der Waals surface area contributed by atoms with Gasteiger partial charge in [-0.1, -0.05) is 40.2 Å². The predicted octanol–water partition coefficient (Wildman–Crippen LogP) is 4.97. The number of rotatable bonds is 6. The molecule has 7 heteroatoms. The number of carbonyl (C=O) groups is 2. The molecule has 2 N–H and O–H groups in total. The largest absolute Gasteiger partial charge is 0.496 e. The fourth-order valence-corrected chi connectivity index (χ4v) is 3.11. The Morgan fingerprint density at radius 2 is 1.83 bits per heavy atom. The summed E-state index contributed by atoms with van der Waals surface area (Å²) in [6.45, 7) is 7.48. The van der Waals surface area contributed by atoms with Crippen molar-refractivity contribution in [1.82, 2.24) is 10.6 Å². The molecule has 0 aromatic heterocycles. The molecule has 2 amide bonds. The van der Waals surface area contributed by atoms with Gasteiger partial charge in [-0.25, -0.2) is 4.79 Å². The summed E-state index contributed by atoms with van der Waals surface area (Å²) in [6, 6.07) is 12.5. The van der Waals surface area contributed by atoms with Gasteiger partial charge in [0.2, 0.25) is 0 Å². The number of nitrogens with one attached hydrogen (secondary N) is 2. The smallest absolute Gasteiger partial charge is 0.407 e. The molecule has 0 fully saturated rings. The number of hydrogen-bond acceptors (Lipinski definition) is 4. The molecule has 1 unspecified atom stereocenters. The summed E-state index contributed by atoms with van der Waals surface area (Å²) in [5, 5.41) is 5.69. The SMILES string of the molecule is COc1cc(Br)ccc1C(C)NC(=O)c1ccccc1CNC(=O)OC(C)(C)C. The third kappa shape index (κ3) is 6.78. The first-order valence-corrected chi connectivity index (χ1v) is 10.1. The number of ether oxygens (including phenoxy) is 2. The molecule has 0 saturated heterocycles. The van der Waals surface area contributed by atoms with Crippen molar-refractivity contribution in [3.63, 3.8) is 0 Å². The van der Waals surface area contributed by atoms with E-state index in [9.17, 15) is 9.59 Å². The van der Waals surface area contributed by atoms with Gasteiger partial charge in [-0.05, 0) is 51.5 Å². The lowest BCUT2D eigenvalue weighted by Gasteiger charge is -2.20. The van der Waals surface area contributed by atoms with Gasteiger partial charge in [-0.15, -0.1) is 0 Å². The van der Waals surface area contributed by atoms with Gasteiger partial charge < -0.3 is 20.1 Å². The fraction of sp³-hybridized carbons (Fsp3) is 0.364. The van der Waals surface area contributed by atoms with E-state index in [1.165, 1.54) is 0 Å². The second-order valence-electron chi connectivity index (χ2n) is 7.59. The number of benzene rings is 2. The van der Waals surface area contributed by atoms with Crippen LogP contribution in [0.25, 0.3) is 0 Å². The van der Waals surface area contributed by atoms with E-state index in [-0.39, 0.29) is 18.5 Å². The van der Waals surface area contributed by atoms with E-state index >= 15 is 0 Å². The molecule has 2 aromatic rings. The van der Waals surface area contributed by atoms with Crippen LogP contribution in [0.4, 0.5) is 4.79 Å². The number of amides is 2. The summed E-state index contributed by atoms with van der Waals surface area (Å²) in [5.41, 5.74) is 1.48. The normalized spacial score (nSPS) is 12.1. The summed E-state index contributed by atoms with van der Waals surface area (Å²) in [7, 11) is 1.59. The van der Waals surface area contributed by atoms with Gasteiger partial charge in [0.05, 0.1) is 13.2 Å². The molecular formula is C22H27BrN2O4. The topological polar surface area (TPSA) is 76.7 Å². The van der Waals surface area contributed by atoms with Gasteiger partial charge in [0.15, 0.2) is 0 Å². The molecule has 1 atom stereocenters. The molecule has 0 radical (unpaired) electrons. The van der Waals surface area contributed by atoms with Gasteiger partial charge >= 0.3 is 6.09 Å². The van der Waals surface area contributed by atoms with Crippen LogP contribution in [0.2, 0.25) is 0 Å². The Bertz CT molecular complexity index is 877. The summed E-state index contributed by atoms with van der Waals surface area (Å²) < 4.78 is 11.6. The molecule has 0 aliphatic carbocycles. The Kier molecular flexibility index (Phi) is 7.67. The van der Waals surface area contributed by atoms with Crippen LogP contribution >= 0.6 is 15.9 Å². The first-order valence-electron chi connectivity index (χ1n) is 9.30. The van der Waals surface area contributed by atoms with Gasteiger partial charge in [-0.2, -0.15) is 0 Å². The van der Waals surface area contributed by atoms with Crippen molar-refractivity contribution in [2.24, 2.45) is 0 Å². The summed E-state index contributed by atoms with van der Waals surface area (Å²) in [6.07, 6.45) is -0.527. The molecule has 6 nitrogen and oxygen atoms in total. The van der Waals surface area contributed by atoms with Crippen molar-refractivity contribution < 1.29 is 19.1 Å². The van der Waals surface area contributed by atoms with Crippen molar-refractivity contribution >= 4 is 27.9 Å². The molecule has 0 spiro atoms. The summed E-state index contributed by atoms with van der Waals surface area (Å²) >= 11 is 3.42. The zero-order chi connectivity index (χ0) is 21.6. The van der Waals surface area contributed by atoms with Gasteiger partial charge in [0, 0.05) is 22.1 Å².